The van der Waals surface area contributed by atoms with E-state index >= 15 is 0 Å². The van der Waals surface area contributed by atoms with Gasteiger partial charge in [0.25, 0.3) is 0 Å². The number of carboxylic acids is 1. The zero-order valence-electron chi connectivity index (χ0n) is 8.13. The molecule has 4 nitrogen and oxygen atoms in total. The standard InChI is InChI=1S/C9H15NO3/c1-4-5-6(2)8(11)10-7(3)9(12)13/h5,7H,4H2,1-3H3,(H,10,11)(H,12,13)/b6-5+. The van der Waals surface area contributed by atoms with Crippen molar-refractivity contribution < 1.29 is 14.7 Å². The van der Waals surface area contributed by atoms with E-state index in [2.05, 4.69) is 5.32 Å². The highest BCUT2D eigenvalue weighted by molar-refractivity contribution is 5.95. The Hall–Kier alpha value is -1.32. The van der Waals surface area contributed by atoms with Gasteiger partial charge in [-0.05, 0) is 20.3 Å². The molecule has 0 aliphatic carbocycles. The van der Waals surface area contributed by atoms with Crippen LogP contribution in [0.2, 0.25) is 0 Å². The Balaban J connectivity index is 4.15. The minimum atomic E-state index is -1.03. The first-order valence-corrected chi connectivity index (χ1v) is 4.19. The van der Waals surface area contributed by atoms with Crippen LogP contribution in [0.4, 0.5) is 0 Å². The quantitative estimate of drug-likeness (QED) is 0.640. The van der Waals surface area contributed by atoms with Gasteiger partial charge in [0.2, 0.25) is 5.91 Å². The molecule has 1 amide bonds. The number of allylic oxidation sites excluding steroid dienone is 1. The van der Waals surface area contributed by atoms with Gasteiger partial charge in [-0.15, -0.1) is 0 Å². The number of hydrogen-bond acceptors (Lipinski definition) is 2. The van der Waals surface area contributed by atoms with Gasteiger partial charge in [-0.25, -0.2) is 0 Å². The third-order valence-electron chi connectivity index (χ3n) is 1.59. The van der Waals surface area contributed by atoms with Gasteiger partial charge in [0, 0.05) is 5.57 Å². The summed E-state index contributed by atoms with van der Waals surface area (Å²) in [6, 6.07) is -0.840. The van der Waals surface area contributed by atoms with Gasteiger partial charge in [-0.2, -0.15) is 0 Å². The molecule has 4 heteroatoms. The van der Waals surface area contributed by atoms with E-state index < -0.39 is 12.0 Å². The van der Waals surface area contributed by atoms with Crippen molar-refractivity contribution in [1.29, 1.82) is 0 Å². The molecule has 0 aromatic rings. The second kappa shape index (κ2) is 5.35. The zero-order valence-corrected chi connectivity index (χ0v) is 8.13. The van der Waals surface area contributed by atoms with E-state index in [0.717, 1.165) is 6.42 Å². The Morgan fingerprint density at radius 2 is 2.08 bits per heavy atom. The fraction of sp³-hybridized carbons (Fsp3) is 0.556. The van der Waals surface area contributed by atoms with Crippen LogP contribution in [0.1, 0.15) is 27.2 Å². The highest BCUT2D eigenvalue weighted by Gasteiger charge is 2.14. The van der Waals surface area contributed by atoms with Crippen molar-refractivity contribution in [2.75, 3.05) is 0 Å². The molecule has 1 atom stereocenters. The highest BCUT2D eigenvalue weighted by atomic mass is 16.4. The molecule has 0 bridgehead atoms. The number of carboxylic acid groups (broad SMARTS) is 1. The van der Waals surface area contributed by atoms with E-state index in [0.29, 0.717) is 5.57 Å². The molecular weight excluding hydrogens is 170 g/mol. The third kappa shape index (κ3) is 4.30. The molecule has 1 unspecified atom stereocenters. The fourth-order valence-corrected chi connectivity index (χ4v) is 0.771. The molecule has 0 fully saturated rings. The first-order valence-electron chi connectivity index (χ1n) is 4.19. The van der Waals surface area contributed by atoms with Gasteiger partial charge >= 0.3 is 5.97 Å². The second-order valence-electron chi connectivity index (χ2n) is 2.83. The predicted octanol–water partition coefficient (Wildman–Crippen LogP) is 0.932. The summed E-state index contributed by atoms with van der Waals surface area (Å²) >= 11 is 0. The van der Waals surface area contributed by atoms with Crippen LogP contribution in [-0.2, 0) is 9.59 Å². The average Bonchev–Trinajstić information content (AvgIpc) is 2.04. The van der Waals surface area contributed by atoms with E-state index in [4.69, 9.17) is 5.11 Å². The topological polar surface area (TPSA) is 66.4 Å². The lowest BCUT2D eigenvalue weighted by atomic mass is 10.2. The largest absolute Gasteiger partial charge is 0.480 e. The van der Waals surface area contributed by atoms with E-state index in [1.165, 1.54) is 6.92 Å². The maximum atomic E-state index is 11.2. The highest BCUT2D eigenvalue weighted by Crippen LogP contribution is 1.95. The van der Waals surface area contributed by atoms with E-state index in [9.17, 15) is 9.59 Å². The molecule has 0 rings (SSSR count). The van der Waals surface area contributed by atoms with E-state index in [1.807, 2.05) is 6.92 Å². The van der Waals surface area contributed by atoms with Crippen LogP contribution in [0.3, 0.4) is 0 Å². The predicted molar refractivity (Wildman–Crippen MR) is 49.3 cm³/mol. The minimum absolute atomic E-state index is 0.322. The van der Waals surface area contributed by atoms with Crippen molar-refractivity contribution in [3.63, 3.8) is 0 Å². The number of nitrogens with one attached hydrogen (secondary N) is 1. The molecule has 0 radical (unpaired) electrons. The molecule has 2 N–H and O–H groups in total. The Bertz CT molecular complexity index is 233. The van der Waals surface area contributed by atoms with Crippen LogP contribution in [0.5, 0.6) is 0 Å². The van der Waals surface area contributed by atoms with Crippen molar-refractivity contribution in [1.82, 2.24) is 5.32 Å². The average molecular weight is 185 g/mol. The number of hydrogen-bond donors (Lipinski definition) is 2. The summed E-state index contributed by atoms with van der Waals surface area (Å²) in [6.07, 6.45) is 2.52. The number of rotatable bonds is 4. The van der Waals surface area contributed by atoms with Crippen molar-refractivity contribution >= 4 is 11.9 Å². The van der Waals surface area contributed by atoms with Gasteiger partial charge in [-0.1, -0.05) is 13.0 Å². The number of carbonyl (C=O) groups excluding carboxylic acids is 1. The van der Waals surface area contributed by atoms with Crippen LogP contribution in [0.15, 0.2) is 11.6 Å². The Morgan fingerprint density at radius 1 is 1.54 bits per heavy atom. The van der Waals surface area contributed by atoms with Crippen molar-refractivity contribution in [3.8, 4) is 0 Å². The van der Waals surface area contributed by atoms with Crippen molar-refractivity contribution in [3.05, 3.63) is 11.6 Å². The van der Waals surface area contributed by atoms with Crippen molar-refractivity contribution in [2.24, 2.45) is 0 Å². The molecule has 0 saturated heterocycles. The first-order chi connectivity index (χ1) is 5.99. The van der Waals surface area contributed by atoms with Gasteiger partial charge in [0.15, 0.2) is 0 Å². The minimum Gasteiger partial charge on any atom is -0.480 e. The molecule has 0 heterocycles. The molecule has 0 spiro atoms. The molecule has 74 valence electrons. The fourth-order valence-electron chi connectivity index (χ4n) is 0.771. The molecular formula is C9H15NO3. The molecule has 0 aromatic carbocycles. The maximum Gasteiger partial charge on any atom is 0.325 e. The summed E-state index contributed by atoms with van der Waals surface area (Å²) in [7, 11) is 0. The zero-order chi connectivity index (χ0) is 10.4. The van der Waals surface area contributed by atoms with Crippen LogP contribution in [-0.4, -0.2) is 23.0 Å². The lowest BCUT2D eigenvalue weighted by molar-refractivity contribution is -0.140. The van der Waals surface area contributed by atoms with Gasteiger partial charge in [0.1, 0.15) is 6.04 Å². The van der Waals surface area contributed by atoms with Gasteiger partial charge < -0.3 is 10.4 Å². The van der Waals surface area contributed by atoms with Gasteiger partial charge in [0.05, 0.1) is 0 Å². The van der Waals surface area contributed by atoms with Crippen LogP contribution in [0.25, 0.3) is 0 Å². The van der Waals surface area contributed by atoms with E-state index in [-0.39, 0.29) is 5.91 Å². The maximum absolute atomic E-state index is 11.2. The normalized spacial score (nSPS) is 13.6. The van der Waals surface area contributed by atoms with Crippen LogP contribution < -0.4 is 5.32 Å². The number of carbonyl (C=O) groups is 2. The summed E-state index contributed by atoms with van der Waals surface area (Å²) in [5.41, 5.74) is 0.551. The Kier molecular flexibility index (Phi) is 4.80. The monoisotopic (exact) mass is 185 g/mol. The van der Waals surface area contributed by atoms with E-state index in [1.54, 1.807) is 13.0 Å². The van der Waals surface area contributed by atoms with Crippen LogP contribution >= 0.6 is 0 Å². The first kappa shape index (κ1) is 11.7. The molecule has 0 aromatic heterocycles. The third-order valence-corrected chi connectivity index (χ3v) is 1.59. The lowest BCUT2D eigenvalue weighted by Crippen LogP contribution is -2.38. The molecule has 0 saturated carbocycles. The number of aliphatic carboxylic acids is 1. The second-order valence-corrected chi connectivity index (χ2v) is 2.83. The summed E-state index contributed by atoms with van der Waals surface area (Å²) in [4.78, 5) is 21.6. The summed E-state index contributed by atoms with van der Waals surface area (Å²) < 4.78 is 0. The van der Waals surface area contributed by atoms with Crippen LogP contribution in [0, 0.1) is 0 Å². The summed E-state index contributed by atoms with van der Waals surface area (Å²) in [5.74, 6) is -1.35. The Morgan fingerprint density at radius 3 is 2.46 bits per heavy atom. The SMILES string of the molecule is CC/C=C(\C)C(=O)NC(C)C(=O)O. The molecule has 0 aliphatic rings. The summed E-state index contributed by atoms with van der Waals surface area (Å²) in [5, 5.41) is 10.9. The number of amides is 1. The lowest BCUT2D eigenvalue weighted by Gasteiger charge is -2.08. The van der Waals surface area contributed by atoms with Crippen molar-refractivity contribution in [2.45, 2.75) is 33.2 Å². The van der Waals surface area contributed by atoms with Gasteiger partial charge in [-0.3, -0.25) is 9.59 Å². The molecule has 13 heavy (non-hydrogen) atoms. The molecule has 0 aliphatic heterocycles. The smallest absolute Gasteiger partial charge is 0.325 e. The summed E-state index contributed by atoms with van der Waals surface area (Å²) in [6.45, 7) is 5.00. The Labute approximate surface area is 77.6 Å².